The van der Waals surface area contributed by atoms with Crippen LogP contribution in [-0.4, -0.2) is 21.7 Å². The van der Waals surface area contributed by atoms with E-state index in [-0.39, 0.29) is 36.1 Å². The molecule has 1 amide bonds. The highest BCUT2D eigenvalue weighted by Gasteiger charge is 2.22. The van der Waals surface area contributed by atoms with Crippen LogP contribution in [0.4, 0.5) is 8.78 Å². The second-order valence-corrected chi connectivity index (χ2v) is 8.26. The Bertz CT molecular complexity index is 1060. The second kappa shape index (κ2) is 10.4. The Morgan fingerprint density at radius 2 is 1.66 bits per heavy atom. The summed E-state index contributed by atoms with van der Waals surface area (Å²) in [6.45, 7) is 0.378. The van der Waals surface area contributed by atoms with Crippen molar-refractivity contribution in [3.05, 3.63) is 83.1 Å². The van der Waals surface area contributed by atoms with Crippen molar-refractivity contribution in [2.45, 2.75) is 57.7 Å². The molecule has 0 radical (unpaired) electrons. The predicted octanol–water partition coefficient (Wildman–Crippen LogP) is 5.24. The minimum Gasteiger partial charge on any atom is -0.471 e. The molecule has 1 aliphatic rings. The van der Waals surface area contributed by atoms with Crippen molar-refractivity contribution >= 4 is 5.91 Å². The summed E-state index contributed by atoms with van der Waals surface area (Å²) in [4.78, 5) is 13.1. The van der Waals surface area contributed by atoms with Gasteiger partial charge in [-0.15, -0.1) is 5.10 Å². The summed E-state index contributed by atoms with van der Waals surface area (Å²) in [5.74, 6) is -0.744. The predicted molar refractivity (Wildman–Crippen MR) is 117 cm³/mol. The maximum absolute atomic E-state index is 13.6. The van der Waals surface area contributed by atoms with Gasteiger partial charge < -0.3 is 10.1 Å². The molecular formula is C25H27F2N3O2. The lowest BCUT2D eigenvalue weighted by molar-refractivity contribution is 0.0928. The Morgan fingerprint density at radius 3 is 2.34 bits per heavy atom. The molecule has 0 aliphatic heterocycles. The number of carbonyl (C=O) groups excluding carboxylic acids is 1. The monoisotopic (exact) mass is 439 g/mol. The van der Waals surface area contributed by atoms with Crippen molar-refractivity contribution in [3.63, 3.8) is 0 Å². The van der Waals surface area contributed by atoms with Crippen LogP contribution in [0.5, 0.6) is 5.88 Å². The number of hydrogen-bond acceptors (Lipinski definition) is 3. The highest BCUT2D eigenvalue weighted by Crippen LogP contribution is 2.22. The molecular weight excluding hydrogens is 412 g/mol. The minimum absolute atomic E-state index is 0.0818. The third-order valence-corrected chi connectivity index (χ3v) is 5.66. The molecule has 1 N–H and O–H groups in total. The lowest BCUT2D eigenvalue weighted by Gasteiger charge is -2.16. The summed E-state index contributed by atoms with van der Waals surface area (Å²) in [5.41, 5.74) is 1.68. The summed E-state index contributed by atoms with van der Waals surface area (Å²) >= 11 is 0. The van der Waals surface area contributed by atoms with Crippen LogP contribution in [0.25, 0.3) is 0 Å². The van der Waals surface area contributed by atoms with Gasteiger partial charge in [0.15, 0.2) is 0 Å². The smallest absolute Gasteiger partial charge is 0.258 e. The molecule has 168 valence electrons. The zero-order chi connectivity index (χ0) is 22.3. The molecule has 0 bridgehead atoms. The number of amides is 1. The first-order chi connectivity index (χ1) is 15.6. The standard InChI is InChI=1S/C25H27F2N3O2/c26-20-9-5-7-18(13-20)15-30-16-23(24(31)28-22-11-3-1-2-4-12-22)25(29-30)32-17-19-8-6-10-21(27)14-19/h5-10,13-14,16,22H,1-4,11-12,15,17H2,(H,28,31). The summed E-state index contributed by atoms with van der Waals surface area (Å²) in [5, 5.41) is 7.54. The third-order valence-electron chi connectivity index (χ3n) is 5.66. The molecule has 7 heteroatoms. The average molecular weight is 440 g/mol. The number of carbonyl (C=O) groups is 1. The highest BCUT2D eigenvalue weighted by molar-refractivity contribution is 5.96. The van der Waals surface area contributed by atoms with E-state index in [9.17, 15) is 13.6 Å². The van der Waals surface area contributed by atoms with E-state index in [0.717, 1.165) is 31.2 Å². The van der Waals surface area contributed by atoms with Crippen molar-refractivity contribution in [1.82, 2.24) is 15.1 Å². The number of benzene rings is 2. The number of nitrogens with one attached hydrogen (secondary N) is 1. The Balaban J connectivity index is 1.53. The lowest BCUT2D eigenvalue weighted by Crippen LogP contribution is -2.34. The van der Waals surface area contributed by atoms with Crippen LogP contribution >= 0.6 is 0 Å². The van der Waals surface area contributed by atoms with Gasteiger partial charge >= 0.3 is 0 Å². The Labute approximate surface area is 186 Å². The molecule has 5 nitrogen and oxygen atoms in total. The molecule has 2 aromatic carbocycles. The van der Waals surface area contributed by atoms with Gasteiger partial charge in [-0.25, -0.2) is 8.78 Å². The maximum Gasteiger partial charge on any atom is 0.258 e. The van der Waals surface area contributed by atoms with Crippen LogP contribution in [0, 0.1) is 11.6 Å². The zero-order valence-electron chi connectivity index (χ0n) is 17.9. The minimum atomic E-state index is -0.353. The first-order valence-electron chi connectivity index (χ1n) is 11.1. The van der Waals surface area contributed by atoms with Gasteiger partial charge in [-0.05, 0) is 48.2 Å². The van der Waals surface area contributed by atoms with Crippen molar-refractivity contribution in [2.24, 2.45) is 0 Å². The molecule has 4 rings (SSSR count). The van der Waals surface area contributed by atoms with E-state index in [0.29, 0.717) is 17.7 Å². The van der Waals surface area contributed by atoms with Crippen LogP contribution in [0.1, 0.15) is 60.0 Å². The molecule has 0 saturated heterocycles. The molecule has 0 unspecified atom stereocenters. The van der Waals surface area contributed by atoms with Gasteiger partial charge in [-0.3, -0.25) is 9.48 Å². The van der Waals surface area contributed by atoms with Gasteiger partial charge in [0.25, 0.3) is 5.91 Å². The van der Waals surface area contributed by atoms with Crippen molar-refractivity contribution < 1.29 is 18.3 Å². The molecule has 1 aromatic heterocycles. The number of rotatable bonds is 7. The van der Waals surface area contributed by atoms with Crippen LogP contribution in [-0.2, 0) is 13.2 Å². The zero-order valence-corrected chi connectivity index (χ0v) is 17.9. The van der Waals surface area contributed by atoms with Gasteiger partial charge in [0.05, 0.1) is 6.54 Å². The summed E-state index contributed by atoms with van der Waals surface area (Å²) < 4.78 is 34.5. The van der Waals surface area contributed by atoms with E-state index < -0.39 is 0 Å². The van der Waals surface area contributed by atoms with Crippen LogP contribution < -0.4 is 10.1 Å². The third kappa shape index (κ3) is 5.93. The van der Waals surface area contributed by atoms with Crippen LogP contribution in [0.15, 0.2) is 54.7 Å². The second-order valence-electron chi connectivity index (χ2n) is 8.26. The van der Waals surface area contributed by atoms with Crippen molar-refractivity contribution in [3.8, 4) is 5.88 Å². The molecule has 1 saturated carbocycles. The number of hydrogen-bond donors (Lipinski definition) is 1. The van der Waals surface area contributed by atoms with Crippen molar-refractivity contribution in [2.75, 3.05) is 0 Å². The highest BCUT2D eigenvalue weighted by atomic mass is 19.1. The Morgan fingerprint density at radius 1 is 1.00 bits per heavy atom. The largest absolute Gasteiger partial charge is 0.471 e. The van der Waals surface area contributed by atoms with E-state index in [1.54, 1.807) is 35.1 Å². The van der Waals surface area contributed by atoms with E-state index >= 15 is 0 Å². The Hall–Kier alpha value is -3.22. The van der Waals surface area contributed by atoms with Gasteiger partial charge in [-0.2, -0.15) is 0 Å². The Kier molecular flexibility index (Phi) is 7.14. The first kappa shape index (κ1) is 22.0. The molecule has 32 heavy (non-hydrogen) atoms. The molecule has 1 aliphatic carbocycles. The van der Waals surface area contributed by atoms with E-state index in [2.05, 4.69) is 10.4 Å². The van der Waals surface area contributed by atoms with Gasteiger partial charge in [-0.1, -0.05) is 49.9 Å². The number of ether oxygens (including phenoxy) is 1. The number of aromatic nitrogens is 2. The average Bonchev–Trinajstić information content (AvgIpc) is 2.99. The lowest BCUT2D eigenvalue weighted by atomic mass is 10.1. The molecule has 0 atom stereocenters. The van der Waals surface area contributed by atoms with E-state index in [1.807, 2.05) is 0 Å². The summed E-state index contributed by atoms with van der Waals surface area (Å²) in [6, 6.07) is 12.5. The fraction of sp³-hybridized carbons (Fsp3) is 0.360. The fourth-order valence-electron chi connectivity index (χ4n) is 4.03. The first-order valence-corrected chi connectivity index (χ1v) is 11.1. The fourth-order valence-corrected chi connectivity index (χ4v) is 4.03. The topological polar surface area (TPSA) is 56.2 Å². The van der Waals surface area contributed by atoms with Crippen LogP contribution in [0.3, 0.4) is 0 Å². The maximum atomic E-state index is 13.6. The summed E-state index contributed by atoms with van der Waals surface area (Å²) in [7, 11) is 0. The molecule has 1 heterocycles. The van der Waals surface area contributed by atoms with E-state index in [4.69, 9.17) is 4.74 Å². The van der Waals surface area contributed by atoms with Gasteiger partial charge in [0.1, 0.15) is 23.8 Å². The SMILES string of the molecule is O=C(NC1CCCCCC1)c1cn(Cc2cccc(F)c2)nc1OCc1cccc(F)c1. The normalized spacial score (nSPS) is 14.7. The van der Waals surface area contributed by atoms with E-state index in [1.165, 1.54) is 37.1 Å². The van der Waals surface area contributed by atoms with Crippen molar-refractivity contribution in [1.29, 1.82) is 0 Å². The molecule has 1 fully saturated rings. The quantitative estimate of drug-likeness (QED) is 0.512. The number of halogens is 2. The van der Waals surface area contributed by atoms with Gasteiger partial charge in [0, 0.05) is 12.2 Å². The van der Waals surface area contributed by atoms with Gasteiger partial charge in [0.2, 0.25) is 5.88 Å². The molecule has 3 aromatic rings. The molecule has 0 spiro atoms. The number of nitrogens with zero attached hydrogens (tertiary/aromatic N) is 2. The van der Waals surface area contributed by atoms with Crippen LogP contribution in [0.2, 0.25) is 0 Å². The summed E-state index contributed by atoms with van der Waals surface area (Å²) in [6.07, 6.45) is 8.14.